The van der Waals surface area contributed by atoms with Crippen LogP contribution in [0.2, 0.25) is 0 Å². The summed E-state index contributed by atoms with van der Waals surface area (Å²) in [5, 5.41) is 3.92. The van der Waals surface area contributed by atoms with Gasteiger partial charge in [-0.1, -0.05) is 23.4 Å². The van der Waals surface area contributed by atoms with Gasteiger partial charge in [-0.25, -0.2) is 4.39 Å². The highest BCUT2D eigenvalue weighted by Gasteiger charge is 2.40. The lowest BCUT2D eigenvalue weighted by Gasteiger charge is -2.34. The molecule has 2 rings (SSSR count). The third-order valence-electron chi connectivity index (χ3n) is 3.92. The number of halogens is 1. The highest BCUT2D eigenvalue weighted by Crippen LogP contribution is 2.31. The predicted molar refractivity (Wildman–Crippen MR) is 74.8 cm³/mol. The molecule has 0 aliphatic heterocycles. The minimum atomic E-state index is -0.505. The Bertz CT molecular complexity index is 599. The molecule has 0 bridgehead atoms. The summed E-state index contributed by atoms with van der Waals surface area (Å²) < 4.78 is 18.9. The highest BCUT2D eigenvalue weighted by molar-refractivity contribution is 5.21. The largest absolute Gasteiger partial charge is 0.339 e. The van der Waals surface area contributed by atoms with E-state index in [9.17, 15) is 4.39 Å². The van der Waals surface area contributed by atoms with E-state index in [1.54, 1.807) is 18.2 Å². The molecule has 2 N–H and O–H groups in total. The Morgan fingerprint density at radius 2 is 1.85 bits per heavy atom. The van der Waals surface area contributed by atoms with E-state index in [4.69, 9.17) is 10.3 Å². The van der Waals surface area contributed by atoms with E-state index in [0.29, 0.717) is 23.7 Å². The lowest BCUT2D eigenvalue weighted by Crippen LogP contribution is -2.50. The van der Waals surface area contributed by atoms with E-state index in [0.717, 1.165) is 0 Å². The first-order chi connectivity index (χ1) is 9.22. The number of benzene rings is 1. The Hall–Kier alpha value is -1.75. The molecule has 0 radical (unpaired) electrons. The van der Waals surface area contributed by atoms with E-state index in [-0.39, 0.29) is 5.82 Å². The molecule has 4 nitrogen and oxygen atoms in total. The average Bonchev–Trinajstić information content (AvgIpc) is 2.80. The van der Waals surface area contributed by atoms with Gasteiger partial charge >= 0.3 is 0 Å². The van der Waals surface area contributed by atoms with Crippen molar-refractivity contribution in [1.29, 1.82) is 0 Å². The Labute approximate surface area is 118 Å². The summed E-state index contributed by atoms with van der Waals surface area (Å²) in [7, 11) is 0. The van der Waals surface area contributed by atoms with Crippen molar-refractivity contribution in [2.45, 2.75) is 45.1 Å². The fourth-order valence-corrected chi connectivity index (χ4v) is 1.67. The fourth-order valence-electron chi connectivity index (χ4n) is 1.67. The zero-order valence-corrected chi connectivity index (χ0v) is 12.3. The number of hydrogen-bond donors (Lipinski definition) is 1. The maximum absolute atomic E-state index is 13.6. The molecule has 5 heteroatoms. The standard InChI is InChI=1S/C15H20FN3O/c1-14(2,15(3,4)17)13-18-12(19-20-13)9-10-7-5-6-8-11(10)16/h5-8H,9,17H2,1-4H3. The minimum Gasteiger partial charge on any atom is -0.339 e. The van der Waals surface area contributed by atoms with Gasteiger partial charge in [0.2, 0.25) is 5.89 Å². The van der Waals surface area contributed by atoms with E-state index >= 15 is 0 Å². The number of nitrogens with two attached hydrogens (primary N) is 1. The molecule has 0 saturated carbocycles. The van der Waals surface area contributed by atoms with Crippen LogP contribution in [0, 0.1) is 5.82 Å². The van der Waals surface area contributed by atoms with Gasteiger partial charge < -0.3 is 10.3 Å². The van der Waals surface area contributed by atoms with Crippen molar-refractivity contribution in [3.63, 3.8) is 0 Å². The Morgan fingerprint density at radius 1 is 1.20 bits per heavy atom. The van der Waals surface area contributed by atoms with Crippen molar-refractivity contribution in [2.75, 3.05) is 0 Å². The molecule has 108 valence electrons. The van der Waals surface area contributed by atoms with Crippen molar-refractivity contribution >= 4 is 0 Å². The Kier molecular flexibility index (Phi) is 3.65. The lowest BCUT2D eigenvalue weighted by molar-refractivity contribution is 0.222. The molecule has 20 heavy (non-hydrogen) atoms. The van der Waals surface area contributed by atoms with Crippen LogP contribution in [0.15, 0.2) is 28.8 Å². The summed E-state index contributed by atoms with van der Waals surface area (Å²) >= 11 is 0. The van der Waals surface area contributed by atoms with Crippen LogP contribution in [0.5, 0.6) is 0 Å². The molecular weight excluding hydrogens is 257 g/mol. The van der Waals surface area contributed by atoms with Gasteiger partial charge in [-0.2, -0.15) is 4.98 Å². The second-order valence-corrected chi connectivity index (χ2v) is 6.13. The van der Waals surface area contributed by atoms with Gasteiger partial charge in [0.05, 0.1) is 5.41 Å². The van der Waals surface area contributed by atoms with Crippen LogP contribution in [0.4, 0.5) is 4.39 Å². The topological polar surface area (TPSA) is 64.9 Å². The van der Waals surface area contributed by atoms with Gasteiger partial charge in [-0.05, 0) is 39.3 Å². The Morgan fingerprint density at radius 3 is 2.45 bits per heavy atom. The van der Waals surface area contributed by atoms with Gasteiger partial charge in [0, 0.05) is 12.0 Å². The zero-order valence-electron chi connectivity index (χ0n) is 12.3. The highest BCUT2D eigenvalue weighted by atomic mass is 19.1. The minimum absolute atomic E-state index is 0.266. The first-order valence-electron chi connectivity index (χ1n) is 6.57. The molecule has 0 aliphatic rings. The molecule has 0 spiro atoms. The molecule has 1 aromatic heterocycles. The molecule has 0 atom stereocenters. The molecule has 1 heterocycles. The Balaban J connectivity index is 2.24. The fraction of sp³-hybridized carbons (Fsp3) is 0.467. The summed E-state index contributed by atoms with van der Waals surface area (Å²) in [5.74, 6) is 0.663. The van der Waals surface area contributed by atoms with Crippen molar-refractivity contribution in [2.24, 2.45) is 5.73 Å². The van der Waals surface area contributed by atoms with Crippen molar-refractivity contribution in [3.8, 4) is 0 Å². The molecule has 0 amide bonds. The molecule has 2 aromatic rings. The van der Waals surface area contributed by atoms with E-state index < -0.39 is 11.0 Å². The van der Waals surface area contributed by atoms with Gasteiger partial charge in [0.15, 0.2) is 5.82 Å². The predicted octanol–water partition coefficient (Wildman–Crippen LogP) is 2.81. The van der Waals surface area contributed by atoms with Crippen LogP contribution in [0.1, 0.15) is 45.0 Å². The van der Waals surface area contributed by atoms with Crippen LogP contribution in [-0.4, -0.2) is 15.7 Å². The quantitative estimate of drug-likeness (QED) is 0.933. The van der Waals surface area contributed by atoms with E-state index in [1.165, 1.54) is 6.07 Å². The van der Waals surface area contributed by atoms with Crippen LogP contribution in [0.25, 0.3) is 0 Å². The molecule has 0 fully saturated rings. The maximum Gasteiger partial charge on any atom is 0.234 e. The second-order valence-electron chi connectivity index (χ2n) is 6.13. The van der Waals surface area contributed by atoms with Crippen LogP contribution < -0.4 is 5.73 Å². The third-order valence-corrected chi connectivity index (χ3v) is 3.92. The summed E-state index contributed by atoms with van der Waals surface area (Å²) in [6.07, 6.45) is 0.303. The number of nitrogens with zero attached hydrogens (tertiary/aromatic N) is 2. The van der Waals surface area contributed by atoms with Gasteiger partial charge in [0.25, 0.3) is 0 Å². The monoisotopic (exact) mass is 277 g/mol. The summed E-state index contributed by atoms with van der Waals surface area (Å²) in [5.41, 5.74) is 5.72. The van der Waals surface area contributed by atoms with Crippen LogP contribution >= 0.6 is 0 Å². The van der Waals surface area contributed by atoms with Crippen molar-refractivity contribution in [3.05, 3.63) is 47.4 Å². The van der Waals surface area contributed by atoms with Gasteiger partial charge in [-0.3, -0.25) is 0 Å². The smallest absolute Gasteiger partial charge is 0.234 e. The molecular formula is C15H20FN3O. The van der Waals surface area contributed by atoms with E-state index in [2.05, 4.69) is 10.1 Å². The number of aromatic nitrogens is 2. The van der Waals surface area contributed by atoms with Crippen molar-refractivity contribution in [1.82, 2.24) is 10.1 Å². The van der Waals surface area contributed by atoms with Gasteiger partial charge in [0.1, 0.15) is 5.82 Å². The molecule has 1 aromatic carbocycles. The third kappa shape index (κ3) is 2.72. The number of hydrogen-bond acceptors (Lipinski definition) is 4. The van der Waals surface area contributed by atoms with Crippen LogP contribution in [0.3, 0.4) is 0 Å². The SMILES string of the molecule is CC(C)(N)C(C)(C)c1nc(Cc2ccccc2F)no1. The first kappa shape index (κ1) is 14.7. The summed E-state index contributed by atoms with van der Waals surface area (Å²) in [4.78, 5) is 4.36. The molecule has 0 aliphatic carbocycles. The van der Waals surface area contributed by atoms with Gasteiger partial charge in [-0.15, -0.1) is 0 Å². The maximum atomic E-state index is 13.6. The summed E-state index contributed by atoms with van der Waals surface area (Å²) in [6, 6.07) is 6.57. The average molecular weight is 277 g/mol. The second kappa shape index (κ2) is 4.98. The summed E-state index contributed by atoms with van der Waals surface area (Å²) in [6.45, 7) is 7.72. The van der Waals surface area contributed by atoms with E-state index in [1.807, 2.05) is 27.7 Å². The molecule has 0 unspecified atom stereocenters. The number of rotatable bonds is 4. The van der Waals surface area contributed by atoms with Crippen molar-refractivity contribution < 1.29 is 8.91 Å². The molecule has 0 saturated heterocycles. The first-order valence-corrected chi connectivity index (χ1v) is 6.57. The van der Waals surface area contributed by atoms with Crippen LogP contribution in [-0.2, 0) is 11.8 Å². The normalized spacial score (nSPS) is 12.7. The zero-order chi connectivity index (χ0) is 15.0. The lowest BCUT2D eigenvalue weighted by atomic mass is 9.75.